The van der Waals surface area contributed by atoms with Crippen LogP contribution in [0.4, 0.5) is 0 Å². The molecule has 218 valence electrons. The lowest BCUT2D eigenvalue weighted by Gasteiger charge is -2.56. The van der Waals surface area contributed by atoms with Crippen LogP contribution in [0.3, 0.4) is 0 Å². The van der Waals surface area contributed by atoms with E-state index < -0.39 is 16.2 Å². The van der Waals surface area contributed by atoms with Crippen LogP contribution in [-0.2, 0) is 28.6 Å². The highest BCUT2D eigenvalue weighted by Crippen LogP contribution is 2.58. The van der Waals surface area contributed by atoms with E-state index in [1.165, 1.54) is 19.3 Å². The molecule has 4 bridgehead atoms. The van der Waals surface area contributed by atoms with Crippen molar-refractivity contribution in [3.8, 4) is 0 Å². The second-order valence-corrected chi connectivity index (χ2v) is 14.4. The predicted molar refractivity (Wildman–Crippen MR) is 155 cm³/mol. The van der Waals surface area contributed by atoms with E-state index in [1.54, 1.807) is 0 Å². The summed E-state index contributed by atoms with van der Waals surface area (Å²) in [6.07, 6.45) is 8.19. The summed E-state index contributed by atoms with van der Waals surface area (Å²) in [4.78, 5) is 41.4. The Morgan fingerprint density at radius 1 is 0.872 bits per heavy atom. The van der Waals surface area contributed by atoms with Crippen LogP contribution in [0, 0.1) is 17.8 Å². The number of ether oxygens (including phenoxy) is 3. The van der Waals surface area contributed by atoms with Gasteiger partial charge in [0.05, 0.1) is 0 Å². The Kier molecular flexibility index (Phi) is 10.3. The Morgan fingerprint density at radius 3 is 1.92 bits per heavy atom. The van der Waals surface area contributed by atoms with Gasteiger partial charge in [0.1, 0.15) is 32.4 Å². The van der Waals surface area contributed by atoms with Gasteiger partial charge < -0.3 is 19.1 Å². The number of hydrogen-bond acceptors (Lipinski definition) is 7. The van der Waals surface area contributed by atoms with Crippen molar-refractivity contribution in [1.82, 2.24) is 4.90 Å². The molecule has 39 heavy (non-hydrogen) atoms. The molecule has 7 nitrogen and oxygen atoms in total. The van der Waals surface area contributed by atoms with Crippen LogP contribution >= 0.6 is 0 Å². The molecule has 0 aliphatic heterocycles. The Bertz CT molecular complexity index is 852. The Labute approximate surface area is 238 Å². The lowest BCUT2D eigenvalue weighted by Crippen LogP contribution is -2.54. The van der Waals surface area contributed by atoms with E-state index in [2.05, 4.69) is 0 Å². The molecule has 4 rings (SSSR count). The largest absolute Gasteiger partial charge is 0.464 e. The molecule has 4 saturated carbocycles. The Hall–Kier alpha value is -1.50. The molecular formula is C30H51B2NO6. The number of likely N-dealkylation sites (N-methyl/N-ethyl adjacent to an activating group) is 1. The van der Waals surface area contributed by atoms with E-state index >= 15 is 0 Å². The maximum Gasteiger partial charge on any atom is 0.305 e. The second-order valence-electron chi connectivity index (χ2n) is 14.4. The van der Waals surface area contributed by atoms with Crippen LogP contribution < -0.4 is 0 Å². The predicted octanol–water partition coefficient (Wildman–Crippen LogP) is 5.35. The quantitative estimate of drug-likeness (QED) is 0.166. The highest BCUT2D eigenvalue weighted by molar-refractivity contribution is 6.54. The second kappa shape index (κ2) is 12.6. The molecule has 2 unspecified atom stereocenters. The first kappa shape index (κ1) is 32.0. The first-order valence-corrected chi connectivity index (χ1v) is 15.0. The summed E-state index contributed by atoms with van der Waals surface area (Å²) in [5.41, 5.74) is -0.910. The van der Waals surface area contributed by atoms with Crippen molar-refractivity contribution in [2.24, 2.45) is 17.8 Å². The van der Waals surface area contributed by atoms with E-state index in [0.29, 0.717) is 50.0 Å². The standard InChI is InChI=1S/C30H51B2NO6/c1-9-28(5,25(35)37-13-12-33(7)8)32-20-29(6,31-11-10-24(34)38-27(2,3)4)26(36)39-30-17-21-14-22(18-30)16-23(15-21)19-30/h21-23H,9-20H2,1-8H3. The average molecular weight is 543 g/mol. The van der Waals surface area contributed by atoms with Crippen LogP contribution in [0.15, 0.2) is 0 Å². The van der Waals surface area contributed by atoms with Crippen LogP contribution in [0.5, 0.6) is 0 Å². The zero-order valence-electron chi connectivity index (χ0n) is 25.8. The number of nitrogens with zero attached hydrogens (tertiary/aromatic N) is 1. The molecule has 4 aliphatic rings. The van der Waals surface area contributed by atoms with Gasteiger partial charge in [-0.2, -0.15) is 0 Å². The molecule has 4 fully saturated rings. The molecule has 0 N–H and O–H groups in total. The fourth-order valence-corrected chi connectivity index (χ4v) is 6.92. The number of hydrogen-bond donors (Lipinski definition) is 0. The van der Waals surface area contributed by atoms with E-state index in [4.69, 9.17) is 14.2 Å². The minimum absolute atomic E-state index is 0.190. The van der Waals surface area contributed by atoms with Gasteiger partial charge >= 0.3 is 17.9 Å². The van der Waals surface area contributed by atoms with E-state index in [-0.39, 0.29) is 29.9 Å². The van der Waals surface area contributed by atoms with Crippen LogP contribution in [0.2, 0.25) is 23.3 Å². The van der Waals surface area contributed by atoms with Crippen molar-refractivity contribution < 1.29 is 28.6 Å². The van der Waals surface area contributed by atoms with Crippen molar-refractivity contribution in [3.63, 3.8) is 0 Å². The summed E-state index contributed by atoms with van der Waals surface area (Å²) >= 11 is 0. The van der Waals surface area contributed by atoms with Gasteiger partial charge in [0.15, 0.2) is 0 Å². The topological polar surface area (TPSA) is 82.1 Å². The highest BCUT2D eigenvalue weighted by Gasteiger charge is 2.54. The minimum Gasteiger partial charge on any atom is -0.464 e. The first-order valence-electron chi connectivity index (χ1n) is 15.0. The molecule has 2 atom stereocenters. The molecule has 0 saturated heterocycles. The van der Waals surface area contributed by atoms with Crippen LogP contribution in [0.1, 0.15) is 92.9 Å². The van der Waals surface area contributed by atoms with Crippen molar-refractivity contribution in [3.05, 3.63) is 0 Å². The monoisotopic (exact) mass is 543 g/mol. The van der Waals surface area contributed by atoms with Crippen LogP contribution in [0.25, 0.3) is 0 Å². The summed E-state index contributed by atoms with van der Waals surface area (Å²) in [6.45, 7) is 12.2. The SMILES string of the molecule is CCC(C)([B]CC(C)([B]CCC(=O)OC(C)(C)C)C(=O)OC12CC3CC(CC(C3)C1)C2)C(=O)OCCN(C)C. The maximum atomic E-state index is 14.0. The molecule has 2 radical (unpaired) electrons. The van der Waals surface area contributed by atoms with E-state index in [0.717, 1.165) is 19.3 Å². The van der Waals surface area contributed by atoms with Gasteiger partial charge in [-0.3, -0.25) is 14.4 Å². The fraction of sp³-hybridized carbons (Fsp3) is 0.900. The molecule has 0 amide bonds. The van der Waals surface area contributed by atoms with Crippen LogP contribution in [-0.4, -0.2) is 75.8 Å². The zero-order valence-corrected chi connectivity index (χ0v) is 25.8. The lowest BCUT2D eigenvalue weighted by molar-refractivity contribution is -0.189. The van der Waals surface area contributed by atoms with Gasteiger partial charge in [-0.15, -0.1) is 0 Å². The summed E-state index contributed by atoms with van der Waals surface area (Å²) in [6, 6.07) is 0. The summed E-state index contributed by atoms with van der Waals surface area (Å²) in [5, 5.41) is -1.79. The Morgan fingerprint density at radius 2 is 1.44 bits per heavy atom. The lowest BCUT2D eigenvalue weighted by atomic mass is 9.38. The van der Waals surface area contributed by atoms with Crippen molar-refractivity contribution in [1.29, 1.82) is 0 Å². The zero-order chi connectivity index (χ0) is 29.1. The minimum atomic E-state index is -0.967. The van der Waals surface area contributed by atoms with Gasteiger partial charge in [-0.1, -0.05) is 33.4 Å². The van der Waals surface area contributed by atoms with Gasteiger partial charge in [-0.25, -0.2) is 0 Å². The maximum absolute atomic E-state index is 14.0. The first-order chi connectivity index (χ1) is 18.1. The fourth-order valence-electron chi connectivity index (χ4n) is 6.92. The smallest absolute Gasteiger partial charge is 0.305 e. The molecule has 0 heterocycles. The third kappa shape index (κ3) is 8.74. The molecule has 0 aromatic rings. The number of carbonyl (C=O) groups excluding carboxylic acids is 3. The third-order valence-electron chi connectivity index (χ3n) is 9.07. The third-order valence-corrected chi connectivity index (χ3v) is 9.07. The number of rotatable bonds is 14. The number of carbonyl (C=O) groups is 3. The normalized spacial score (nSPS) is 28.8. The van der Waals surface area contributed by atoms with E-state index in [1.807, 2.05) is 75.1 Å². The molecule has 4 aliphatic carbocycles. The van der Waals surface area contributed by atoms with Gasteiger partial charge in [-0.05, 0) is 97.6 Å². The summed E-state index contributed by atoms with van der Waals surface area (Å²) in [5.74, 6) is 1.18. The Balaban J connectivity index is 1.70. The highest BCUT2D eigenvalue weighted by atomic mass is 16.6. The number of esters is 3. The van der Waals surface area contributed by atoms with Gasteiger partial charge in [0.2, 0.25) is 0 Å². The molecule has 0 spiro atoms. The van der Waals surface area contributed by atoms with Gasteiger partial charge in [0, 0.05) is 23.6 Å². The van der Waals surface area contributed by atoms with Gasteiger partial charge in [0.25, 0.3) is 0 Å². The molecular weight excluding hydrogens is 492 g/mol. The molecule has 0 aromatic heterocycles. The van der Waals surface area contributed by atoms with Crippen molar-refractivity contribution in [2.45, 2.75) is 127 Å². The summed E-state index contributed by atoms with van der Waals surface area (Å²) < 4.78 is 17.5. The molecule has 9 heteroatoms. The van der Waals surface area contributed by atoms with E-state index in [9.17, 15) is 14.4 Å². The van der Waals surface area contributed by atoms with Crippen molar-refractivity contribution >= 4 is 32.5 Å². The van der Waals surface area contributed by atoms with Crippen molar-refractivity contribution in [2.75, 3.05) is 27.2 Å². The molecule has 0 aromatic carbocycles. The summed E-state index contributed by atoms with van der Waals surface area (Å²) in [7, 11) is 7.71. The average Bonchev–Trinajstić information content (AvgIpc) is 2.79.